The maximum absolute atomic E-state index is 13.5. The summed E-state index contributed by atoms with van der Waals surface area (Å²) in [6, 6.07) is 18.2. The van der Waals surface area contributed by atoms with Gasteiger partial charge < -0.3 is 19.8 Å². The van der Waals surface area contributed by atoms with Gasteiger partial charge in [0.15, 0.2) is 11.5 Å². The first-order valence-corrected chi connectivity index (χ1v) is 15.2. The molecule has 2 fully saturated rings. The number of aromatic hydroxyl groups is 1. The number of alkyl halides is 3. The number of phenols is 1. The van der Waals surface area contributed by atoms with Crippen molar-refractivity contribution in [2.24, 2.45) is 0 Å². The lowest BCUT2D eigenvalue weighted by Gasteiger charge is -2.64. The molecule has 2 bridgehead atoms. The summed E-state index contributed by atoms with van der Waals surface area (Å²) in [6.07, 6.45) is 0.674. The highest BCUT2D eigenvalue weighted by molar-refractivity contribution is 5.92. The number of halogens is 3. The van der Waals surface area contributed by atoms with Gasteiger partial charge in [-0.1, -0.05) is 48.5 Å². The van der Waals surface area contributed by atoms with E-state index in [0.29, 0.717) is 31.4 Å². The number of phenolic OH excluding ortho intramolecular Hbond substituents is 1. The molecule has 1 saturated heterocycles. The van der Waals surface area contributed by atoms with Crippen LogP contribution < -0.4 is 4.74 Å². The number of aliphatic hydroxyl groups is 1. The van der Waals surface area contributed by atoms with E-state index in [-0.39, 0.29) is 23.3 Å². The molecule has 230 valence electrons. The third-order valence-corrected chi connectivity index (χ3v) is 10.5. The number of carbonyl (C=O) groups excluding carboxylic acids is 1. The summed E-state index contributed by atoms with van der Waals surface area (Å²) in [5, 5.41) is 23.6. The second-order valence-corrected chi connectivity index (χ2v) is 12.6. The summed E-state index contributed by atoms with van der Waals surface area (Å²) in [5.41, 5.74) is 0.744. The van der Waals surface area contributed by atoms with Crippen LogP contribution in [0.25, 0.3) is 6.08 Å². The molecular formula is C35H35F3N2O4. The Labute approximate surface area is 254 Å². The molecule has 9 heteroatoms. The fourth-order valence-electron chi connectivity index (χ4n) is 8.45. The lowest BCUT2D eigenvalue weighted by molar-refractivity contribution is -0.199. The molecule has 2 heterocycles. The second kappa shape index (κ2) is 10.4. The molecule has 0 aromatic heterocycles. The first kappa shape index (κ1) is 28.9. The Morgan fingerprint density at radius 2 is 1.91 bits per heavy atom. The van der Waals surface area contributed by atoms with Gasteiger partial charge in [-0.2, -0.15) is 13.2 Å². The molecule has 2 aliphatic carbocycles. The van der Waals surface area contributed by atoms with Crippen LogP contribution in [0.15, 0.2) is 72.8 Å². The Bertz CT molecular complexity index is 1630. The SMILES string of the molecule is CN(C(=O)C=Cc1cccc(C(F)(F)F)c1)[C@H]1CC[C@@]2(O)[C@H]3Cc4ccc(O)c5c4[C@@]2(CCN3CCc2ccccc2)[C@H]1O5. The number of carbonyl (C=O) groups is 1. The van der Waals surface area contributed by atoms with Crippen LogP contribution in [0.5, 0.6) is 11.5 Å². The van der Waals surface area contributed by atoms with Crippen molar-refractivity contribution in [2.75, 3.05) is 20.1 Å². The van der Waals surface area contributed by atoms with Gasteiger partial charge in [-0.25, -0.2) is 0 Å². The van der Waals surface area contributed by atoms with Crippen molar-refractivity contribution in [1.82, 2.24) is 9.80 Å². The Hall–Kier alpha value is -3.82. The number of nitrogens with zero attached hydrogens (tertiary/aromatic N) is 2. The fraction of sp³-hybridized carbons (Fsp3) is 0.400. The zero-order valence-electron chi connectivity index (χ0n) is 24.4. The zero-order chi connectivity index (χ0) is 30.9. The number of likely N-dealkylation sites (tertiary alicyclic amines) is 1. The fourth-order valence-corrected chi connectivity index (χ4v) is 8.45. The standard InChI is InChI=1S/C35H35F3N2O4/c1-39(29(42)13-10-23-8-5-9-25(20-23)35(36,37)38)26-14-16-34(43)28-21-24-11-12-27(41)31-30(24)33(34,32(26)44-31)17-19-40(28)18-15-22-6-3-2-4-7-22/h2-13,20,26,28,32,41,43H,14-19,21H2,1H3/t26-,28+,32-,33-,34+/m0/s1. The quantitative estimate of drug-likeness (QED) is 0.372. The monoisotopic (exact) mass is 604 g/mol. The minimum atomic E-state index is -4.48. The van der Waals surface area contributed by atoms with Gasteiger partial charge in [0.05, 0.1) is 22.6 Å². The molecule has 7 rings (SSSR count). The average Bonchev–Trinajstić information content (AvgIpc) is 3.36. The smallest absolute Gasteiger partial charge is 0.416 e. The first-order valence-electron chi connectivity index (χ1n) is 15.2. The average molecular weight is 605 g/mol. The van der Waals surface area contributed by atoms with Crippen molar-refractivity contribution in [3.8, 4) is 11.5 Å². The van der Waals surface area contributed by atoms with Crippen LogP contribution in [0.3, 0.4) is 0 Å². The summed E-state index contributed by atoms with van der Waals surface area (Å²) in [4.78, 5) is 17.4. The summed E-state index contributed by atoms with van der Waals surface area (Å²) in [7, 11) is 1.67. The molecule has 2 N–H and O–H groups in total. The van der Waals surface area contributed by atoms with E-state index in [1.807, 2.05) is 24.3 Å². The third-order valence-electron chi connectivity index (χ3n) is 10.5. The molecule has 5 atom stereocenters. The van der Waals surface area contributed by atoms with Gasteiger partial charge in [-0.3, -0.25) is 9.69 Å². The number of piperidine rings is 1. The molecule has 0 radical (unpaired) electrons. The van der Waals surface area contributed by atoms with E-state index in [0.717, 1.165) is 42.8 Å². The van der Waals surface area contributed by atoms with E-state index in [2.05, 4.69) is 17.0 Å². The van der Waals surface area contributed by atoms with Crippen molar-refractivity contribution >= 4 is 12.0 Å². The maximum atomic E-state index is 13.5. The predicted octanol–water partition coefficient (Wildman–Crippen LogP) is 5.35. The van der Waals surface area contributed by atoms with Gasteiger partial charge in [-0.15, -0.1) is 0 Å². The summed E-state index contributed by atoms with van der Waals surface area (Å²) in [6.45, 7) is 1.55. The minimum absolute atomic E-state index is 0.0250. The highest BCUT2D eigenvalue weighted by Gasteiger charge is 2.73. The Kier molecular flexibility index (Phi) is 6.82. The first-order chi connectivity index (χ1) is 21.0. The van der Waals surface area contributed by atoms with E-state index < -0.39 is 34.9 Å². The van der Waals surface area contributed by atoms with Gasteiger partial charge in [0.25, 0.3) is 0 Å². The van der Waals surface area contributed by atoms with Gasteiger partial charge >= 0.3 is 6.18 Å². The number of benzene rings is 3. The van der Waals surface area contributed by atoms with Gasteiger partial charge in [-0.05, 0) is 79.6 Å². The normalized spacial score (nSPS) is 28.9. The Balaban J connectivity index is 1.19. The molecular weight excluding hydrogens is 569 g/mol. The van der Waals surface area contributed by atoms with E-state index in [1.165, 1.54) is 29.8 Å². The predicted molar refractivity (Wildman–Crippen MR) is 159 cm³/mol. The molecule has 2 aliphatic heterocycles. The van der Waals surface area contributed by atoms with E-state index in [4.69, 9.17) is 4.74 Å². The van der Waals surface area contributed by atoms with Gasteiger partial charge in [0.1, 0.15) is 6.10 Å². The number of amides is 1. The van der Waals surface area contributed by atoms with Crippen LogP contribution in [0, 0.1) is 0 Å². The molecule has 1 amide bonds. The van der Waals surface area contributed by atoms with Crippen LogP contribution >= 0.6 is 0 Å². The molecule has 3 aromatic carbocycles. The second-order valence-electron chi connectivity index (χ2n) is 12.6. The van der Waals surface area contributed by atoms with Crippen LogP contribution in [0.4, 0.5) is 13.2 Å². The molecule has 1 saturated carbocycles. The molecule has 0 unspecified atom stereocenters. The van der Waals surface area contributed by atoms with Gasteiger partial charge in [0.2, 0.25) is 5.91 Å². The van der Waals surface area contributed by atoms with Crippen molar-refractivity contribution in [3.05, 3.63) is 101 Å². The van der Waals surface area contributed by atoms with E-state index in [9.17, 15) is 28.2 Å². The number of hydrogen-bond acceptors (Lipinski definition) is 5. The number of likely N-dealkylation sites (N-methyl/N-ethyl adjacent to an activating group) is 1. The van der Waals surface area contributed by atoms with Crippen molar-refractivity contribution in [1.29, 1.82) is 0 Å². The molecule has 1 spiro atoms. The minimum Gasteiger partial charge on any atom is -0.504 e. The molecule has 3 aromatic rings. The number of ether oxygens (including phenoxy) is 1. The van der Waals surface area contributed by atoms with E-state index in [1.54, 1.807) is 18.0 Å². The van der Waals surface area contributed by atoms with Crippen LogP contribution in [-0.4, -0.2) is 69.8 Å². The number of rotatable bonds is 6. The molecule has 6 nitrogen and oxygen atoms in total. The summed E-state index contributed by atoms with van der Waals surface area (Å²) >= 11 is 0. The highest BCUT2D eigenvalue weighted by atomic mass is 19.4. The summed E-state index contributed by atoms with van der Waals surface area (Å²) in [5.74, 6) is 0.0530. The third kappa shape index (κ3) is 4.35. The van der Waals surface area contributed by atoms with Crippen molar-refractivity contribution in [3.63, 3.8) is 0 Å². The van der Waals surface area contributed by atoms with E-state index >= 15 is 0 Å². The van der Waals surface area contributed by atoms with Gasteiger partial charge in [0, 0.05) is 31.3 Å². The lowest BCUT2D eigenvalue weighted by Crippen LogP contribution is -2.78. The molecule has 4 aliphatic rings. The highest BCUT2D eigenvalue weighted by Crippen LogP contribution is 2.65. The van der Waals surface area contributed by atoms with Crippen molar-refractivity contribution < 1.29 is 32.9 Å². The largest absolute Gasteiger partial charge is 0.504 e. The molecule has 44 heavy (non-hydrogen) atoms. The van der Waals surface area contributed by atoms with Crippen LogP contribution in [0.1, 0.15) is 47.1 Å². The Morgan fingerprint density at radius 1 is 1.11 bits per heavy atom. The Morgan fingerprint density at radius 3 is 2.68 bits per heavy atom. The topological polar surface area (TPSA) is 73.2 Å². The maximum Gasteiger partial charge on any atom is 0.416 e. The summed E-state index contributed by atoms with van der Waals surface area (Å²) < 4.78 is 46.1. The lowest BCUT2D eigenvalue weighted by atomic mass is 9.48. The zero-order valence-corrected chi connectivity index (χ0v) is 24.4. The van der Waals surface area contributed by atoms with Crippen molar-refractivity contribution in [2.45, 2.75) is 67.5 Å². The van der Waals surface area contributed by atoms with Crippen LogP contribution in [-0.2, 0) is 29.2 Å². The number of hydrogen-bond donors (Lipinski definition) is 2. The van der Waals surface area contributed by atoms with Crippen LogP contribution in [0.2, 0.25) is 0 Å².